The van der Waals surface area contributed by atoms with Crippen molar-refractivity contribution in [3.63, 3.8) is 0 Å². The Hall–Kier alpha value is -1.96. The molecule has 0 spiro atoms. The lowest BCUT2D eigenvalue weighted by atomic mass is 10.4. The summed E-state index contributed by atoms with van der Waals surface area (Å²) in [4.78, 5) is 11.5. The van der Waals surface area contributed by atoms with E-state index >= 15 is 0 Å². The van der Waals surface area contributed by atoms with Crippen LogP contribution < -0.4 is 11.2 Å². The van der Waals surface area contributed by atoms with Gasteiger partial charge in [-0.1, -0.05) is 11.8 Å². The lowest BCUT2D eigenvalue weighted by Crippen LogP contribution is -2.24. The van der Waals surface area contributed by atoms with Gasteiger partial charge in [-0.2, -0.15) is 0 Å². The van der Waals surface area contributed by atoms with Gasteiger partial charge in [-0.05, 0) is 12.1 Å². The molecule has 0 unspecified atom stereocenters. The maximum absolute atomic E-state index is 11.5. The standard InChI is InChI=1S/C9H11N5O2S/c10-14-6-12-13-9(14)17-5-8(15)11-4-7-2-1-3-16-7/h1-3,6H,4-5,10H2,(H,11,15). The molecule has 0 aliphatic carbocycles. The van der Waals surface area contributed by atoms with E-state index in [1.807, 2.05) is 0 Å². The number of furan rings is 1. The smallest absolute Gasteiger partial charge is 0.230 e. The number of thioether (sulfide) groups is 1. The van der Waals surface area contributed by atoms with E-state index in [0.29, 0.717) is 17.5 Å². The van der Waals surface area contributed by atoms with Crippen molar-refractivity contribution in [2.24, 2.45) is 0 Å². The van der Waals surface area contributed by atoms with E-state index in [-0.39, 0.29) is 11.7 Å². The Morgan fingerprint density at radius 3 is 3.18 bits per heavy atom. The highest BCUT2D eigenvalue weighted by Crippen LogP contribution is 2.11. The summed E-state index contributed by atoms with van der Waals surface area (Å²) in [6, 6.07) is 3.57. The van der Waals surface area contributed by atoms with Crippen LogP contribution in [-0.2, 0) is 11.3 Å². The molecule has 1 amide bonds. The lowest BCUT2D eigenvalue weighted by Gasteiger charge is -2.02. The maximum Gasteiger partial charge on any atom is 0.230 e. The van der Waals surface area contributed by atoms with E-state index in [0.717, 1.165) is 0 Å². The molecule has 0 bridgehead atoms. The zero-order valence-electron chi connectivity index (χ0n) is 8.87. The highest BCUT2D eigenvalue weighted by molar-refractivity contribution is 7.99. The molecule has 2 aromatic rings. The van der Waals surface area contributed by atoms with Crippen LogP contribution >= 0.6 is 11.8 Å². The van der Waals surface area contributed by atoms with Crippen LogP contribution in [0.2, 0.25) is 0 Å². The molecule has 2 heterocycles. The van der Waals surface area contributed by atoms with Crippen LogP contribution in [0.5, 0.6) is 0 Å². The summed E-state index contributed by atoms with van der Waals surface area (Å²) >= 11 is 1.22. The first-order valence-corrected chi connectivity index (χ1v) is 5.81. The van der Waals surface area contributed by atoms with Gasteiger partial charge < -0.3 is 15.6 Å². The monoisotopic (exact) mass is 253 g/mol. The van der Waals surface area contributed by atoms with Crippen molar-refractivity contribution >= 4 is 17.7 Å². The number of carbonyl (C=O) groups is 1. The molecule has 2 aromatic heterocycles. The third-order valence-electron chi connectivity index (χ3n) is 1.91. The van der Waals surface area contributed by atoms with Gasteiger partial charge in [-0.15, -0.1) is 10.2 Å². The fourth-order valence-corrected chi connectivity index (χ4v) is 1.78. The number of nitrogens with zero attached hydrogens (tertiary/aromatic N) is 3. The highest BCUT2D eigenvalue weighted by atomic mass is 32.2. The summed E-state index contributed by atoms with van der Waals surface area (Å²) in [6.45, 7) is 0.377. The molecule has 0 aromatic carbocycles. The van der Waals surface area contributed by atoms with Crippen molar-refractivity contribution in [2.75, 3.05) is 11.6 Å². The van der Waals surface area contributed by atoms with Crippen LogP contribution in [0.1, 0.15) is 5.76 Å². The summed E-state index contributed by atoms with van der Waals surface area (Å²) in [7, 11) is 0. The molecular formula is C9H11N5O2S. The summed E-state index contributed by atoms with van der Waals surface area (Å²) in [5, 5.41) is 10.6. The number of rotatable bonds is 5. The van der Waals surface area contributed by atoms with E-state index in [1.165, 1.54) is 22.8 Å². The van der Waals surface area contributed by atoms with E-state index in [4.69, 9.17) is 10.3 Å². The minimum absolute atomic E-state index is 0.116. The van der Waals surface area contributed by atoms with Crippen molar-refractivity contribution < 1.29 is 9.21 Å². The fraction of sp³-hybridized carbons (Fsp3) is 0.222. The van der Waals surface area contributed by atoms with Gasteiger partial charge in [0.15, 0.2) is 0 Å². The zero-order valence-corrected chi connectivity index (χ0v) is 9.68. The maximum atomic E-state index is 11.5. The van der Waals surface area contributed by atoms with Crippen LogP contribution in [-0.4, -0.2) is 26.5 Å². The van der Waals surface area contributed by atoms with Gasteiger partial charge in [0.1, 0.15) is 12.1 Å². The normalized spacial score (nSPS) is 10.4. The number of nitrogens with one attached hydrogen (secondary N) is 1. The number of amides is 1. The minimum atomic E-state index is -0.116. The predicted molar refractivity (Wildman–Crippen MR) is 61.5 cm³/mol. The summed E-state index contributed by atoms with van der Waals surface area (Å²) in [6.07, 6.45) is 2.94. The summed E-state index contributed by atoms with van der Waals surface area (Å²) in [5.74, 6) is 6.33. The van der Waals surface area contributed by atoms with Gasteiger partial charge in [0.25, 0.3) is 0 Å². The molecule has 17 heavy (non-hydrogen) atoms. The number of nitrogens with two attached hydrogens (primary N) is 1. The highest BCUT2D eigenvalue weighted by Gasteiger charge is 2.07. The number of nitrogen functional groups attached to an aromatic ring is 1. The number of carbonyl (C=O) groups excluding carboxylic acids is 1. The Kier molecular flexibility index (Phi) is 3.66. The van der Waals surface area contributed by atoms with E-state index < -0.39 is 0 Å². The second-order valence-electron chi connectivity index (χ2n) is 3.17. The van der Waals surface area contributed by atoms with Crippen LogP contribution in [0, 0.1) is 0 Å². The number of aromatic nitrogens is 3. The average Bonchev–Trinajstić information content (AvgIpc) is 2.95. The first kappa shape index (κ1) is 11.5. The first-order valence-electron chi connectivity index (χ1n) is 4.82. The van der Waals surface area contributed by atoms with Gasteiger partial charge in [-0.25, -0.2) is 4.68 Å². The van der Waals surface area contributed by atoms with E-state index in [2.05, 4.69) is 15.5 Å². The van der Waals surface area contributed by atoms with Crippen molar-refractivity contribution in [1.29, 1.82) is 0 Å². The average molecular weight is 253 g/mol. The largest absolute Gasteiger partial charge is 0.467 e. The molecule has 3 N–H and O–H groups in total. The molecule has 7 nitrogen and oxygen atoms in total. The van der Waals surface area contributed by atoms with Crippen molar-refractivity contribution in [2.45, 2.75) is 11.7 Å². The molecule has 0 atom stereocenters. The van der Waals surface area contributed by atoms with Crippen LogP contribution in [0.15, 0.2) is 34.3 Å². The number of hydrogen-bond donors (Lipinski definition) is 2. The van der Waals surface area contributed by atoms with Crippen LogP contribution in [0.3, 0.4) is 0 Å². The SMILES string of the molecule is Nn1cnnc1SCC(=O)NCc1ccco1. The molecule has 8 heteroatoms. The molecule has 0 radical (unpaired) electrons. The van der Waals surface area contributed by atoms with Crippen molar-refractivity contribution in [3.05, 3.63) is 30.5 Å². The third-order valence-corrected chi connectivity index (χ3v) is 2.87. The Morgan fingerprint density at radius 1 is 1.65 bits per heavy atom. The molecule has 0 saturated carbocycles. The Morgan fingerprint density at radius 2 is 2.53 bits per heavy atom. The van der Waals surface area contributed by atoms with Gasteiger partial charge in [0, 0.05) is 0 Å². The molecule has 0 fully saturated rings. The fourth-order valence-electron chi connectivity index (χ4n) is 1.12. The van der Waals surface area contributed by atoms with Gasteiger partial charge in [0.05, 0.1) is 18.6 Å². The second-order valence-corrected chi connectivity index (χ2v) is 4.11. The van der Waals surface area contributed by atoms with Crippen LogP contribution in [0.4, 0.5) is 0 Å². The molecule has 90 valence electrons. The van der Waals surface area contributed by atoms with Gasteiger partial charge in [-0.3, -0.25) is 4.79 Å². The quantitative estimate of drug-likeness (QED) is 0.574. The second kappa shape index (κ2) is 5.39. The Balaban J connectivity index is 1.73. The Bertz CT molecular complexity index is 481. The van der Waals surface area contributed by atoms with E-state index in [9.17, 15) is 4.79 Å². The topological polar surface area (TPSA) is 99.0 Å². The number of hydrogen-bond acceptors (Lipinski definition) is 6. The van der Waals surface area contributed by atoms with Crippen molar-refractivity contribution in [3.8, 4) is 0 Å². The van der Waals surface area contributed by atoms with Gasteiger partial charge >= 0.3 is 0 Å². The molecule has 2 rings (SSSR count). The molecule has 0 saturated heterocycles. The van der Waals surface area contributed by atoms with Gasteiger partial charge in [0.2, 0.25) is 11.1 Å². The van der Waals surface area contributed by atoms with Crippen molar-refractivity contribution in [1.82, 2.24) is 20.2 Å². The third kappa shape index (κ3) is 3.25. The summed E-state index contributed by atoms with van der Waals surface area (Å²) in [5.41, 5.74) is 0. The molecular weight excluding hydrogens is 242 g/mol. The zero-order chi connectivity index (χ0) is 12.1. The summed E-state index contributed by atoms with van der Waals surface area (Å²) < 4.78 is 6.35. The Labute approximate surface area is 101 Å². The minimum Gasteiger partial charge on any atom is -0.467 e. The van der Waals surface area contributed by atoms with Crippen LogP contribution in [0.25, 0.3) is 0 Å². The van der Waals surface area contributed by atoms with E-state index in [1.54, 1.807) is 18.4 Å². The predicted octanol–water partition coefficient (Wildman–Crippen LogP) is -0.00660. The molecule has 0 aliphatic rings. The first-order chi connectivity index (χ1) is 8.25. The molecule has 0 aliphatic heterocycles. The lowest BCUT2D eigenvalue weighted by molar-refractivity contribution is -0.118.